The Balaban J connectivity index is 1.23. The van der Waals surface area contributed by atoms with Crippen LogP contribution in [0.15, 0.2) is 41.7 Å². The van der Waals surface area contributed by atoms with E-state index in [2.05, 4.69) is 58.5 Å². The highest BCUT2D eigenvalue weighted by Crippen LogP contribution is 2.30. The van der Waals surface area contributed by atoms with Gasteiger partial charge >= 0.3 is 0 Å². The first-order valence-corrected chi connectivity index (χ1v) is 11.5. The Morgan fingerprint density at radius 1 is 1.13 bits per heavy atom. The molecule has 1 aromatic rings. The van der Waals surface area contributed by atoms with Gasteiger partial charge in [-0.05, 0) is 45.2 Å². The highest BCUT2D eigenvalue weighted by Gasteiger charge is 2.28. The van der Waals surface area contributed by atoms with Gasteiger partial charge in [0.05, 0.1) is 24.0 Å². The number of anilines is 1. The Bertz CT molecular complexity index is 755. The van der Waals surface area contributed by atoms with E-state index in [4.69, 9.17) is 9.57 Å². The number of likely N-dealkylation sites (tertiary alicyclic amines) is 1. The van der Waals surface area contributed by atoms with Gasteiger partial charge in [-0.3, -0.25) is 4.90 Å². The second-order valence-corrected chi connectivity index (χ2v) is 8.96. The molecule has 0 aromatic heterocycles. The first-order chi connectivity index (χ1) is 14.6. The minimum absolute atomic E-state index is 0.182. The average Bonchev–Trinajstić information content (AvgIpc) is 3.17. The molecule has 0 aliphatic carbocycles. The summed E-state index contributed by atoms with van der Waals surface area (Å²) in [6.45, 7) is 15.4. The van der Waals surface area contributed by atoms with Gasteiger partial charge in [0.25, 0.3) is 0 Å². The molecular weight excluding hydrogens is 376 g/mol. The van der Waals surface area contributed by atoms with Gasteiger partial charge in [-0.15, -0.1) is 0 Å². The summed E-state index contributed by atoms with van der Waals surface area (Å²) in [5.41, 5.74) is 3.63. The first-order valence-electron chi connectivity index (χ1n) is 11.5. The van der Waals surface area contributed by atoms with Crippen molar-refractivity contribution in [1.82, 2.24) is 9.80 Å². The SMILES string of the molecule is C=C1CCCCN1CC1=NO[C@H](CN2CCN(c3ccccc3OC(C)C)CC2)C1. The van der Waals surface area contributed by atoms with Gasteiger partial charge in [-0.1, -0.05) is 23.9 Å². The lowest BCUT2D eigenvalue weighted by Crippen LogP contribution is -2.48. The van der Waals surface area contributed by atoms with Crippen LogP contribution in [0.4, 0.5) is 5.69 Å². The number of para-hydroxylation sites is 2. The van der Waals surface area contributed by atoms with Crippen molar-refractivity contribution in [2.24, 2.45) is 5.16 Å². The zero-order chi connectivity index (χ0) is 20.9. The summed E-state index contributed by atoms with van der Waals surface area (Å²) in [5, 5.41) is 4.39. The zero-order valence-electron chi connectivity index (χ0n) is 18.6. The molecule has 0 bridgehead atoms. The van der Waals surface area contributed by atoms with Crippen molar-refractivity contribution in [3.8, 4) is 5.75 Å². The molecule has 0 saturated carbocycles. The maximum Gasteiger partial charge on any atom is 0.145 e. The van der Waals surface area contributed by atoms with E-state index < -0.39 is 0 Å². The van der Waals surface area contributed by atoms with Gasteiger partial charge in [0.1, 0.15) is 11.9 Å². The van der Waals surface area contributed by atoms with Gasteiger partial charge in [0.15, 0.2) is 0 Å². The molecule has 6 nitrogen and oxygen atoms in total. The van der Waals surface area contributed by atoms with Crippen molar-refractivity contribution in [2.45, 2.75) is 51.7 Å². The summed E-state index contributed by atoms with van der Waals surface area (Å²) >= 11 is 0. The van der Waals surface area contributed by atoms with Crippen LogP contribution in [0.2, 0.25) is 0 Å². The van der Waals surface area contributed by atoms with E-state index in [1.54, 1.807) is 0 Å². The fraction of sp³-hybridized carbons (Fsp3) is 0.625. The van der Waals surface area contributed by atoms with Gasteiger partial charge in [-0.25, -0.2) is 0 Å². The third-order valence-corrected chi connectivity index (χ3v) is 6.16. The van der Waals surface area contributed by atoms with Crippen LogP contribution in [0.1, 0.15) is 39.5 Å². The molecule has 1 aromatic carbocycles. The van der Waals surface area contributed by atoms with E-state index >= 15 is 0 Å². The predicted octanol–water partition coefficient (Wildman–Crippen LogP) is 3.74. The summed E-state index contributed by atoms with van der Waals surface area (Å²) in [7, 11) is 0. The minimum Gasteiger partial charge on any atom is -0.489 e. The average molecular weight is 413 g/mol. The van der Waals surface area contributed by atoms with E-state index in [0.717, 1.165) is 64.4 Å². The van der Waals surface area contributed by atoms with Crippen LogP contribution in [0.25, 0.3) is 0 Å². The topological polar surface area (TPSA) is 40.5 Å². The summed E-state index contributed by atoms with van der Waals surface area (Å²) in [6, 6.07) is 8.38. The third-order valence-electron chi connectivity index (χ3n) is 6.16. The third kappa shape index (κ3) is 5.28. The lowest BCUT2D eigenvalue weighted by atomic mass is 10.1. The van der Waals surface area contributed by atoms with Crippen LogP contribution in [0.3, 0.4) is 0 Å². The molecule has 164 valence electrons. The van der Waals surface area contributed by atoms with Crippen LogP contribution in [0, 0.1) is 0 Å². The molecule has 3 heterocycles. The molecule has 30 heavy (non-hydrogen) atoms. The largest absolute Gasteiger partial charge is 0.489 e. The number of hydrogen-bond donors (Lipinski definition) is 0. The minimum atomic E-state index is 0.182. The normalized spacial score (nSPS) is 23.0. The summed E-state index contributed by atoms with van der Waals surface area (Å²) < 4.78 is 6.01. The van der Waals surface area contributed by atoms with Crippen LogP contribution in [-0.2, 0) is 4.84 Å². The van der Waals surface area contributed by atoms with Crippen LogP contribution in [0.5, 0.6) is 5.75 Å². The van der Waals surface area contributed by atoms with E-state index in [0.29, 0.717) is 0 Å². The standard InChI is InChI=1S/C24H36N4O2/c1-19(2)29-24-10-5-4-9-23(24)27-14-12-26(13-15-27)18-22-16-21(25-30-22)17-28-11-7-6-8-20(28)3/h4-5,9-10,19,22H,3,6-8,11-18H2,1-2H3/t22-/m0/s1. The van der Waals surface area contributed by atoms with Crippen molar-refractivity contribution in [1.29, 1.82) is 0 Å². The zero-order valence-corrected chi connectivity index (χ0v) is 18.6. The number of benzene rings is 1. The Morgan fingerprint density at radius 3 is 2.70 bits per heavy atom. The number of hydrogen-bond acceptors (Lipinski definition) is 6. The molecule has 3 aliphatic rings. The first kappa shape index (κ1) is 21.0. The maximum absolute atomic E-state index is 6.01. The predicted molar refractivity (Wildman–Crippen MR) is 122 cm³/mol. The highest BCUT2D eigenvalue weighted by atomic mass is 16.6. The molecule has 4 rings (SSSR count). The van der Waals surface area contributed by atoms with Crippen LogP contribution in [-0.4, -0.2) is 73.5 Å². The lowest BCUT2D eigenvalue weighted by Gasteiger charge is -2.37. The van der Waals surface area contributed by atoms with E-state index in [1.807, 2.05) is 6.07 Å². The molecule has 3 aliphatic heterocycles. The van der Waals surface area contributed by atoms with Crippen molar-refractivity contribution in [3.63, 3.8) is 0 Å². The lowest BCUT2D eigenvalue weighted by molar-refractivity contribution is 0.0509. The monoisotopic (exact) mass is 412 g/mol. The van der Waals surface area contributed by atoms with E-state index in [-0.39, 0.29) is 12.2 Å². The Hall–Kier alpha value is -2.21. The molecule has 0 radical (unpaired) electrons. The van der Waals surface area contributed by atoms with E-state index in [9.17, 15) is 0 Å². The molecule has 0 spiro atoms. The van der Waals surface area contributed by atoms with Crippen molar-refractivity contribution in [3.05, 3.63) is 36.5 Å². The summed E-state index contributed by atoms with van der Waals surface area (Å²) in [6.07, 6.45) is 4.94. The number of allylic oxidation sites excluding steroid dienone is 1. The fourth-order valence-electron chi connectivity index (χ4n) is 4.57. The Kier molecular flexibility index (Phi) is 6.82. The molecule has 2 fully saturated rings. The number of nitrogens with zero attached hydrogens (tertiary/aromatic N) is 4. The van der Waals surface area contributed by atoms with E-state index in [1.165, 1.54) is 29.9 Å². The summed E-state index contributed by atoms with van der Waals surface area (Å²) in [5.74, 6) is 0.984. The van der Waals surface area contributed by atoms with Crippen molar-refractivity contribution >= 4 is 11.4 Å². The fourth-order valence-corrected chi connectivity index (χ4v) is 4.57. The maximum atomic E-state index is 6.01. The number of piperazine rings is 1. The van der Waals surface area contributed by atoms with Crippen LogP contribution >= 0.6 is 0 Å². The molecular formula is C24H36N4O2. The molecule has 0 N–H and O–H groups in total. The second-order valence-electron chi connectivity index (χ2n) is 8.96. The molecule has 0 unspecified atom stereocenters. The van der Waals surface area contributed by atoms with Crippen molar-refractivity contribution in [2.75, 3.05) is 50.7 Å². The Labute approximate surface area is 181 Å². The summed E-state index contributed by atoms with van der Waals surface area (Å²) in [4.78, 5) is 13.1. The number of rotatable bonds is 7. The number of piperidine rings is 1. The van der Waals surface area contributed by atoms with Gasteiger partial charge in [-0.2, -0.15) is 0 Å². The molecule has 1 atom stereocenters. The number of ether oxygens (including phenoxy) is 1. The highest BCUT2D eigenvalue weighted by molar-refractivity contribution is 5.87. The van der Waals surface area contributed by atoms with Gasteiger partial charge in [0, 0.05) is 51.4 Å². The molecule has 2 saturated heterocycles. The number of oxime groups is 1. The van der Waals surface area contributed by atoms with Gasteiger partial charge in [0.2, 0.25) is 0 Å². The van der Waals surface area contributed by atoms with Gasteiger partial charge < -0.3 is 19.4 Å². The quantitative estimate of drug-likeness (QED) is 0.682. The molecule has 6 heteroatoms. The Morgan fingerprint density at radius 2 is 1.93 bits per heavy atom. The van der Waals surface area contributed by atoms with Crippen molar-refractivity contribution < 1.29 is 9.57 Å². The smallest absolute Gasteiger partial charge is 0.145 e. The second kappa shape index (κ2) is 9.73. The van der Waals surface area contributed by atoms with Crippen LogP contribution < -0.4 is 9.64 Å². The molecule has 0 amide bonds.